The van der Waals surface area contributed by atoms with Gasteiger partial charge in [0.05, 0.1) is 10.6 Å². The molecule has 0 bridgehead atoms. The second kappa shape index (κ2) is 8.15. The van der Waals surface area contributed by atoms with E-state index in [1.165, 1.54) is 17.1 Å². The van der Waals surface area contributed by atoms with E-state index >= 15 is 0 Å². The minimum absolute atomic E-state index is 0.459. The van der Waals surface area contributed by atoms with Crippen molar-refractivity contribution in [1.82, 2.24) is 4.37 Å². The van der Waals surface area contributed by atoms with Gasteiger partial charge in [-0.1, -0.05) is 41.6 Å². The molecule has 5 heteroatoms. The maximum atomic E-state index is 6.11. The van der Waals surface area contributed by atoms with E-state index in [-0.39, 0.29) is 0 Å². The summed E-state index contributed by atoms with van der Waals surface area (Å²) in [7, 11) is 1.56. The van der Waals surface area contributed by atoms with Crippen LogP contribution in [-0.4, -0.2) is 17.2 Å². The lowest BCUT2D eigenvalue weighted by Gasteiger charge is -2.13. The predicted molar refractivity (Wildman–Crippen MR) is 106 cm³/mol. The summed E-state index contributed by atoms with van der Waals surface area (Å²) in [6.07, 6.45) is 0. The Bertz CT molecular complexity index is 931. The van der Waals surface area contributed by atoms with Crippen LogP contribution in [0.1, 0.15) is 32.8 Å². The van der Waals surface area contributed by atoms with Crippen LogP contribution in [0.15, 0.2) is 53.7 Å². The van der Waals surface area contributed by atoms with Crippen molar-refractivity contribution in [3.8, 4) is 5.75 Å². The van der Waals surface area contributed by atoms with Crippen LogP contribution in [0, 0.1) is 20.8 Å². The van der Waals surface area contributed by atoms with Crippen molar-refractivity contribution in [2.24, 2.45) is 5.16 Å². The SMILES string of the molecule is CON=C(c1cc(C)ns1)c1ccccc1COc1cc(C)ccc1C. The molecule has 4 nitrogen and oxygen atoms in total. The smallest absolute Gasteiger partial charge is 0.129 e. The Morgan fingerprint density at radius 2 is 1.88 bits per heavy atom. The predicted octanol–water partition coefficient (Wildman–Crippen LogP) is 5.05. The summed E-state index contributed by atoms with van der Waals surface area (Å²) in [5.41, 5.74) is 6.09. The van der Waals surface area contributed by atoms with Crippen molar-refractivity contribution < 1.29 is 9.57 Å². The van der Waals surface area contributed by atoms with E-state index in [1.54, 1.807) is 7.11 Å². The van der Waals surface area contributed by atoms with Crippen molar-refractivity contribution >= 4 is 17.2 Å². The molecule has 0 aliphatic carbocycles. The highest BCUT2D eigenvalue weighted by Crippen LogP contribution is 2.23. The van der Waals surface area contributed by atoms with Gasteiger partial charge in [-0.05, 0) is 61.1 Å². The van der Waals surface area contributed by atoms with Crippen LogP contribution in [0.3, 0.4) is 0 Å². The Labute approximate surface area is 158 Å². The monoisotopic (exact) mass is 366 g/mol. The number of nitrogens with zero attached hydrogens (tertiary/aromatic N) is 2. The second-order valence-corrected chi connectivity index (χ2v) is 6.97. The number of ether oxygens (including phenoxy) is 1. The molecule has 0 atom stereocenters. The van der Waals surface area contributed by atoms with Gasteiger partial charge in [-0.25, -0.2) is 0 Å². The number of oxime groups is 1. The van der Waals surface area contributed by atoms with Crippen molar-refractivity contribution in [2.75, 3.05) is 7.11 Å². The normalized spacial score (nSPS) is 11.5. The minimum atomic E-state index is 0.459. The Balaban J connectivity index is 1.92. The van der Waals surface area contributed by atoms with E-state index in [2.05, 4.69) is 47.6 Å². The lowest BCUT2D eigenvalue weighted by atomic mass is 10.0. The van der Waals surface area contributed by atoms with Gasteiger partial charge in [0.2, 0.25) is 0 Å². The summed E-state index contributed by atoms with van der Waals surface area (Å²) >= 11 is 1.42. The Kier molecular flexibility index (Phi) is 5.68. The molecule has 0 fully saturated rings. The molecule has 0 unspecified atom stereocenters. The molecule has 0 aliphatic heterocycles. The fourth-order valence-electron chi connectivity index (χ4n) is 2.69. The number of hydrogen-bond acceptors (Lipinski definition) is 5. The van der Waals surface area contributed by atoms with E-state index in [4.69, 9.17) is 9.57 Å². The van der Waals surface area contributed by atoms with Gasteiger partial charge in [0.15, 0.2) is 0 Å². The third kappa shape index (κ3) is 4.11. The van der Waals surface area contributed by atoms with E-state index in [9.17, 15) is 0 Å². The molecule has 3 rings (SSSR count). The third-order valence-electron chi connectivity index (χ3n) is 4.04. The molecular formula is C21H22N2O2S. The molecule has 0 spiro atoms. The Hall–Kier alpha value is -2.66. The molecule has 2 aromatic carbocycles. The van der Waals surface area contributed by atoms with E-state index in [1.807, 2.05) is 31.2 Å². The summed E-state index contributed by atoms with van der Waals surface area (Å²) in [6, 6.07) is 16.3. The first kappa shape index (κ1) is 18.1. The van der Waals surface area contributed by atoms with Crippen LogP contribution in [0.2, 0.25) is 0 Å². The molecule has 0 N–H and O–H groups in total. The van der Waals surface area contributed by atoms with Crippen molar-refractivity contribution in [2.45, 2.75) is 27.4 Å². The number of rotatable bonds is 6. The minimum Gasteiger partial charge on any atom is -0.489 e. The number of aromatic nitrogens is 1. The molecular weight excluding hydrogens is 344 g/mol. The average Bonchev–Trinajstić information content (AvgIpc) is 3.07. The molecule has 0 amide bonds. The fraction of sp³-hybridized carbons (Fsp3) is 0.238. The van der Waals surface area contributed by atoms with Gasteiger partial charge < -0.3 is 9.57 Å². The summed E-state index contributed by atoms with van der Waals surface area (Å²) in [5, 5.41) is 4.26. The number of benzene rings is 2. The quantitative estimate of drug-likeness (QED) is 0.453. The largest absolute Gasteiger partial charge is 0.489 e. The highest BCUT2D eigenvalue weighted by molar-refractivity contribution is 7.08. The zero-order chi connectivity index (χ0) is 18.5. The molecule has 0 saturated carbocycles. The molecule has 0 saturated heterocycles. The summed E-state index contributed by atoms with van der Waals surface area (Å²) in [5.74, 6) is 0.902. The van der Waals surface area contributed by atoms with Crippen LogP contribution in [0.25, 0.3) is 0 Å². The first-order valence-corrected chi connectivity index (χ1v) is 9.19. The maximum Gasteiger partial charge on any atom is 0.129 e. The first-order valence-electron chi connectivity index (χ1n) is 8.41. The lowest BCUT2D eigenvalue weighted by molar-refractivity contribution is 0.214. The molecule has 134 valence electrons. The second-order valence-electron chi connectivity index (χ2n) is 6.17. The van der Waals surface area contributed by atoms with Gasteiger partial charge in [0.25, 0.3) is 0 Å². The average molecular weight is 366 g/mol. The molecule has 1 aromatic heterocycles. The maximum absolute atomic E-state index is 6.11. The van der Waals surface area contributed by atoms with E-state index in [0.29, 0.717) is 6.61 Å². The van der Waals surface area contributed by atoms with Gasteiger partial charge in [-0.15, -0.1) is 0 Å². The van der Waals surface area contributed by atoms with Gasteiger partial charge in [-0.3, -0.25) is 0 Å². The van der Waals surface area contributed by atoms with Crippen molar-refractivity contribution in [3.63, 3.8) is 0 Å². The molecule has 0 aliphatic rings. The van der Waals surface area contributed by atoms with Gasteiger partial charge in [0.1, 0.15) is 25.2 Å². The van der Waals surface area contributed by atoms with Crippen LogP contribution in [0.4, 0.5) is 0 Å². The number of hydrogen-bond donors (Lipinski definition) is 0. The molecule has 3 aromatic rings. The van der Waals surface area contributed by atoms with Gasteiger partial charge >= 0.3 is 0 Å². The van der Waals surface area contributed by atoms with Crippen LogP contribution >= 0.6 is 11.5 Å². The Morgan fingerprint density at radius 3 is 2.62 bits per heavy atom. The van der Waals surface area contributed by atoms with Gasteiger partial charge in [0, 0.05) is 5.56 Å². The zero-order valence-corrected chi connectivity index (χ0v) is 16.3. The van der Waals surface area contributed by atoms with Crippen LogP contribution < -0.4 is 4.74 Å². The van der Waals surface area contributed by atoms with Crippen LogP contribution in [0.5, 0.6) is 5.75 Å². The van der Waals surface area contributed by atoms with Crippen molar-refractivity contribution in [1.29, 1.82) is 0 Å². The molecule has 26 heavy (non-hydrogen) atoms. The zero-order valence-electron chi connectivity index (χ0n) is 15.4. The summed E-state index contributed by atoms with van der Waals surface area (Å²) in [4.78, 5) is 6.08. The fourth-order valence-corrected chi connectivity index (χ4v) is 3.44. The third-order valence-corrected chi connectivity index (χ3v) is 4.93. The first-order chi connectivity index (χ1) is 12.6. The molecule has 1 heterocycles. The summed E-state index contributed by atoms with van der Waals surface area (Å²) < 4.78 is 10.5. The number of aryl methyl sites for hydroxylation is 3. The van der Waals surface area contributed by atoms with E-state index in [0.717, 1.165) is 38.7 Å². The van der Waals surface area contributed by atoms with Crippen molar-refractivity contribution in [3.05, 3.63) is 81.4 Å². The topological polar surface area (TPSA) is 43.7 Å². The standard InChI is InChI=1S/C21H22N2O2S/c1-14-9-10-15(2)19(11-14)25-13-17-7-5-6-8-18(17)21(22-24-4)20-12-16(3)23-26-20/h5-12H,13H2,1-4H3. The highest BCUT2D eigenvalue weighted by Gasteiger charge is 2.15. The van der Waals surface area contributed by atoms with Crippen LogP contribution in [-0.2, 0) is 11.4 Å². The Morgan fingerprint density at radius 1 is 1.08 bits per heavy atom. The highest BCUT2D eigenvalue weighted by atomic mass is 32.1. The van der Waals surface area contributed by atoms with Gasteiger partial charge in [-0.2, -0.15) is 4.37 Å². The lowest BCUT2D eigenvalue weighted by Crippen LogP contribution is -2.08. The molecule has 0 radical (unpaired) electrons. The summed E-state index contributed by atoms with van der Waals surface area (Å²) in [6.45, 7) is 6.55. The van der Waals surface area contributed by atoms with E-state index < -0.39 is 0 Å².